The van der Waals surface area contributed by atoms with Crippen LogP contribution < -0.4 is 4.90 Å². The van der Waals surface area contributed by atoms with Gasteiger partial charge in [0.15, 0.2) is 0 Å². The third kappa shape index (κ3) is 4.97. The van der Waals surface area contributed by atoms with Crippen LogP contribution in [0.1, 0.15) is 152 Å². The first-order valence-corrected chi connectivity index (χ1v) is 18.5. The lowest BCUT2D eigenvalue weighted by atomic mass is 9.49. The number of carboxylic acid groups (broad SMARTS) is 1. The summed E-state index contributed by atoms with van der Waals surface area (Å²) in [4.78, 5) is 28.1. The lowest BCUT2D eigenvalue weighted by Gasteiger charge is -2.54. The van der Waals surface area contributed by atoms with Gasteiger partial charge in [0, 0.05) is 0 Å². The minimum Gasteiger partial charge on any atom is -0.481 e. The molecule has 48 heavy (non-hydrogen) atoms. The number of nitrogens with zero attached hydrogens (tertiary/aromatic N) is 1. The summed E-state index contributed by atoms with van der Waals surface area (Å²) < 4.78 is 5.41. The van der Waals surface area contributed by atoms with Gasteiger partial charge in [0.25, 0.3) is 0 Å². The summed E-state index contributed by atoms with van der Waals surface area (Å²) in [6.45, 7) is 17.7. The summed E-state index contributed by atoms with van der Waals surface area (Å²) in [5, 5.41) is 19.4. The standard InChI is InChI=1S/C42H58N2O4/c1-25(2)29-20-27-12-14-35-39(5,16-10-18-41(35,7)37(45)46)31(27)22-33(29)44(24-43)34-23-32-28(21-30(34)26(3)4)13-15-36-40(32,6)17-11-19-42(36,8)38(47)48-9/h20-26,35-36,43H,10-19H2,1-9H3,(H,45,46). The molecule has 6 unspecified atom stereocenters. The monoisotopic (exact) mass is 654 g/mol. The summed E-state index contributed by atoms with van der Waals surface area (Å²) in [6.07, 6.45) is 10.6. The molecule has 0 radical (unpaired) electrons. The number of rotatable bonds is 7. The molecule has 6 heteroatoms. The highest BCUT2D eigenvalue weighted by molar-refractivity contribution is 5.92. The van der Waals surface area contributed by atoms with Crippen molar-refractivity contribution in [3.63, 3.8) is 0 Å². The Kier molecular flexibility index (Phi) is 8.69. The average Bonchev–Trinajstić information content (AvgIpc) is 3.04. The van der Waals surface area contributed by atoms with Crippen molar-refractivity contribution in [3.8, 4) is 0 Å². The van der Waals surface area contributed by atoms with Crippen LogP contribution in [0.2, 0.25) is 0 Å². The first kappa shape index (κ1) is 34.7. The smallest absolute Gasteiger partial charge is 0.311 e. The maximum absolute atomic E-state index is 13.3. The number of anilines is 2. The Labute approximate surface area is 288 Å². The first-order chi connectivity index (χ1) is 22.6. The minimum atomic E-state index is -0.739. The van der Waals surface area contributed by atoms with E-state index in [1.807, 2.05) is 6.92 Å². The van der Waals surface area contributed by atoms with E-state index in [9.17, 15) is 14.7 Å². The van der Waals surface area contributed by atoms with Crippen molar-refractivity contribution in [1.29, 1.82) is 5.41 Å². The number of carboxylic acids is 1. The van der Waals surface area contributed by atoms with Gasteiger partial charge in [0.2, 0.25) is 0 Å². The molecule has 0 aromatic heterocycles. The fourth-order valence-corrected chi connectivity index (χ4v) is 11.4. The number of hydrogen-bond donors (Lipinski definition) is 2. The van der Waals surface area contributed by atoms with E-state index in [1.54, 1.807) is 0 Å². The van der Waals surface area contributed by atoms with Crippen LogP contribution in [0, 0.1) is 28.1 Å². The van der Waals surface area contributed by atoms with Crippen LogP contribution in [0.3, 0.4) is 0 Å². The van der Waals surface area contributed by atoms with E-state index in [4.69, 9.17) is 10.1 Å². The van der Waals surface area contributed by atoms with Gasteiger partial charge in [-0.3, -0.25) is 15.0 Å². The zero-order valence-corrected chi connectivity index (χ0v) is 30.9. The first-order valence-electron chi connectivity index (χ1n) is 18.5. The normalized spacial score (nSPS) is 32.5. The fourth-order valence-electron chi connectivity index (χ4n) is 11.4. The van der Waals surface area contributed by atoms with Crippen molar-refractivity contribution in [3.05, 3.63) is 57.6 Å². The van der Waals surface area contributed by atoms with Crippen LogP contribution in [0.4, 0.5) is 11.4 Å². The SMILES string of the molecule is COC(=O)C1(C)CCCC2(C)c3cc(N(C=N)c4cc5c(cc4C(C)C)CCC4C(C)(C(=O)O)CCCC54C)c(C(C)C)cc3CCC12. The summed E-state index contributed by atoms with van der Waals surface area (Å²) in [5.41, 5.74) is 8.18. The number of esters is 1. The number of fused-ring (bicyclic) bond motifs is 6. The quantitative estimate of drug-likeness (QED) is 0.176. The molecule has 0 aliphatic heterocycles. The number of hydrogen-bond acceptors (Lipinski definition) is 4. The van der Waals surface area contributed by atoms with Gasteiger partial charge in [-0.2, -0.15) is 0 Å². The van der Waals surface area contributed by atoms with Crippen molar-refractivity contribution in [2.24, 2.45) is 22.7 Å². The van der Waals surface area contributed by atoms with Gasteiger partial charge in [-0.15, -0.1) is 0 Å². The lowest BCUT2D eigenvalue weighted by Crippen LogP contribution is -2.52. The molecule has 2 saturated carbocycles. The van der Waals surface area contributed by atoms with Crippen molar-refractivity contribution >= 4 is 29.7 Å². The van der Waals surface area contributed by atoms with Crippen molar-refractivity contribution in [2.75, 3.05) is 12.0 Å². The van der Waals surface area contributed by atoms with E-state index in [-0.39, 0.29) is 40.5 Å². The number of carbonyl (C=O) groups is 2. The molecule has 260 valence electrons. The molecule has 2 aromatic rings. The van der Waals surface area contributed by atoms with Gasteiger partial charge in [-0.1, -0.05) is 66.5 Å². The fraction of sp³-hybridized carbons (Fsp3) is 0.643. The molecule has 6 atom stereocenters. The van der Waals surface area contributed by atoms with Crippen molar-refractivity contribution in [2.45, 2.75) is 142 Å². The highest BCUT2D eigenvalue weighted by Gasteiger charge is 2.57. The molecule has 2 fully saturated rings. The van der Waals surface area contributed by atoms with Crippen LogP contribution >= 0.6 is 0 Å². The largest absolute Gasteiger partial charge is 0.481 e. The number of nitrogens with one attached hydrogen (secondary N) is 1. The highest BCUT2D eigenvalue weighted by Crippen LogP contribution is 2.60. The predicted molar refractivity (Wildman–Crippen MR) is 194 cm³/mol. The van der Waals surface area contributed by atoms with Crippen LogP contribution in [0.5, 0.6) is 0 Å². The topological polar surface area (TPSA) is 90.7 Å². The Bertz CT molecular complexity index is 1640. The summed E-state index contributed by atoms with van der Waals surface area (Å²) >= 11 is 0. The predicted octanol–water partition coefficient (Wildman–Crippen LogP) is 9.96. The zero-order valence-electron chi connectivity index (χ0n) is 30.9. The number of ether oxygens (including phenoxy) is 1. The van der Waals surface area contributed by atoms with Gasteiger partial charge >= 0.3 is 11.9 Å². The van der Waals surface area contributed by atoms with Gasteiger partial charge < -0.3 is 14.7 Å². The van der Waals surface area contributed by atoms with E-state index in [0.717, 1.165) is 75.6 Å². The van der Waals surface area contributed by atoms with E-state index in [2.05, 4.69) is 77.6 Å². The molecule has 0 saturated heterocycles. The third-order valence-corrected chi connectivity index (χ3v) is 14.0. The number of methoxy groups -OCH3 is 1. The Hall–Kier alpha value is -3.15. The maximum Gasteiger partial charge on any atom is 0.311 e. The van der Waals surface area contributed by atoms with Gasteiger partial charge in [0.1, 0.15) is 0 Å². The van der Waals surface area contributed by atoms with Crippen molar-refractivity contribution < 1.29 is 19.4 Å². The number of benzene rings is 2. The van der Waals surface area contributed by atoms with Gasteiger partial charge in [0.05, 0.1) is 35.7 Å². The second-order valence-corrected chi connectivity index (χ2v) is 17.3. The molecule has 4 aliphatic carbocycles. The summed E-state index contributed by atoms with van der Waals surface area (Å²) in [5.74, 6) is -0.0120. The van der Waals surface area contributed by atoms with Crippen LogP contribution in [-0.4, -0.2) is 30.5 Å². The molecule has 4 aliphatic rings. The molecule has 6 nitrogen and oxygen atoms in total. The lowest BCUT2D eigenvalue weighted by molar-refractivity contribution is -0.161. The molecular formula is C42H58N2O4. The molecule has 6 rings (SSSR count). The Morgan fingerprint density at radius 3 is 1.62 bits per heavy atom. The summed E-state index contributed by atoms with van der Waals surface area (Å²) in [7, 11) is 1.52. The second kappa shape index (κ2) is 12.0. The molecule has 0 spiro atoms. The summed E-state index contributed by atoms with van der Waals surface area (Å²) in [6, 6.07) is 9.51. The Balaban J connectivity index is 1.54. The molecule has 0 heterocycles. The van der Waals surface area contributed by atoms with Crippen LogP contribution in [0.25, 0.3) is 0 Å². The van der Waals surface area contributed by atoms with Crippen LogP contribution in [-0.2, 0) is 38.0 Å². The molecule has 0 amide bonds. The number of aryl methyl sites for hydroxylation is 2. The zero-order chi connectivity index (χ0) is 35.0. The number of carbonyl (C=O) groups excluding carboxylic acids is 1. The van der Waals surface area contributed by atoms with Crippen LogP contribution in [0.15, 0.2) is 24.3 Å². The van der Waals surface area contributed by atoms with Gasteiger partial charge in [-0.05, 0) is 145 Å². The average molecular weight is 655 g/mol. The number of aliphatic carboxylic acids is 1. The highest BCUT2D eigenvalue weighted by atomic mass is 16.5. The van der Waals surface area contributed by atoms with Gasteiger partial charge in [-0.25, -0.2) is 0 Å². The van der Waals surface area contributed by atoms with E-state index in [1.165, 1.54) is 46.8 Å². The Morgan fingerprint density at radius 2 is 1.23 bits per heavy atom. The molecule has 2 aromatic carbocycles. The molecule has 2 N–H and O–H groups in total. The maximum atomic E-state index is 13.3. The minimum absolute atomic E-state index is 0.0669. The molecule has 0 bridgehead atoms. The molecular weight excluding hydrogens is 596 g/mol. The Morgan fingerprint density at radius 1 is 0.792 bits per heavy atom. The van der Waals surface area contributed by atoms with Crippen molar-refractivity contribution in [1.82, 2.24) is 0 Å². The van der Waals surface area contributed by atoms with E-state index in [0.29, 0.717) is 0 Å². The van der Waals surface area contributed by atoms with E-state index < -0.39 is 16.8 Å². The second-order valence-electron chi connectivity index (χ2n) is 17.3. The van der Waals surface area contributed by atoms with E-state index >= 15 is 0 Å². The third-order valence-electron chi connectivity index (χ3n) is 14.0.